The molecule has 0 radical (unpaired) electrons. The molecule has 1 aromatic rings. The first-order chi connectivity index (χ1) is 9.04. The third kappa shape index (κ3) is 5.06. The molecule has 102 valence electrons. The van der Waals surface area contributed by atoms with E-state index in [4.69, 9.17) is 0 Å². The normalized spacial score (nSPS) is 14.1. The Morgan fingerprint density at radius 2 is 1.95 bits per heavy atom. The Kier molecular flexibility index (Phi) is 5.96. The average molecular weight is 262 g/mol. The van der Waals surface area contributed by atoms with Crippen LogP contribution in [-0.2, 0) is 14.3 Å². The smallest absolute Gasteiger partial charge is 0.313 e. The highest BCUT2D eigenvalue weighted by Crippen LogP contribution is 2.11. The number of benzene rings is 1. The van der Waals surface area contributed by atoms with Crippen molar-refractivity contribution in [1.82, 2.24) is 0 Å². The van der Waals surface area contributed by atoms with Crippen molar-refractivity contribution < 1.29 is 19.4 Å². The number of rotatable bonds is 6. The lowest BCUT2D eigenvalue weighted by Crippen LogP contribution is -2.26. The number of hydrogen-bond acceptors (Lipinski definition) is 4. The number of ketones is 1. The van der Waals surface area contributed by atoms with Crippen molar-refractivity contribution >= 4 is 17.8 Å². The summed E-state index contributed by atoms with van der Waals surface area (Å²) in [5, 5.41) is 9.88. The topological polar surface area (TPSA) is 63.6 Å². The zero-order valence-electron chi connectivity index (χ0n) is 11.1. The minimum atomic E-state index is -0.919. The molecule has 0 saturated carbocycles. The molecule has 2 atom stereocenters. The number of hydrogen-bond donors (Lipinski definition) is 1. The van der Waals surface area contributed by atoms with Gasteiger partial charge in [0, 0.05) is 5.92 Å². The molecule has 0 saturated heterocycles. The maximum absolute atomic E-state index is 11.7. The molecule has 4 nitrogen and oxygen atoms in total. The number of carbonyl (C=O) groups is 2. The minimum absolute atomic E-state index is 0.312. The van der Waals surface area contributed by atoms with E-state index >= 15 is 0 Å². The van der Waals surface area contributed by atoms with E-state index in [1.807, 2.05) is 30.3 Å². The summed E-state index contributed by atoms with van der Waals surface area (Å²) < 4.78 is 4.42. The highest BCUT2D eigenvalue weighted by molar-refractivity contribution is 5.97. The lowest BCUT2D eigenvalue weighted by Gasteiger charge is -2.13. The number of ether oxygens (including phenoxy) is 1. The Labute approximate surface area is 112 Å². The summed E-state index contributed by atoms with van der Waals surface area (Å²) in [6, 6.07) is 9.46. The number of carbonyl (C=O) groups excluding carboxylic acids is 2. The summed E-state index contributed by atoms with van der Waals surface area (Å²) >= 11 is 0. The van der Waals surface area contributed by atoms with Crippen molar-refractivity contribution in [2.24, 2.45) is 5.92 Å². The maximum atomic E-state index is 11.7. The SMILES string of the molecule is COC(=O)CC(=O)C(C)C(O)/C=C/c1ccccc1. The van der Waals surface area contributed by atoms with Crippen LogP contribution in [0.15, 0.2) is 36.4 Å². The Bertz CT molecular complexity index is 450. The van der Waals surface area contributed by atoms with Crippen LogP contribution < -0.4 is 0 Å². The Balaban J connectivity index is 2.57. The summed E-state index contributed by atoms with van der Waals surface area (Å²) in [4.78, 5) is 22.7. The zero-order chi connectivity index (χ0) is 14.3. The van der Waals surface area contributed by atoms with Gasteiger partial charge in [0.15, 0.2) is 0 Å². The first-order valence-electron chi connectivity index (χ1n) is 6.05. The van der Waals surface area contributed by atoms with E-state index in [0.717, 1.165) is 5.56 Å². The van der Waals surface area contributed by atoms with E-state index in [2.05, 4.69) is 4.74 Å². The number of Topliss-reactive ketones (excluding diaryl/α,β-unsaturated/α-hetero) is 1. The van der Waals surface area contributed by atoms with E-state index in [1.165, 1.54) is 7.11 Å². The summed E-state index contributed by atoms with van der Waals surface area (Å²) in [6.07, 6.45) is 2.06. The number of aliphatic hydroxyl groups is 1. The first-order valence-corrected chi connectivity index (χ1v) is 6.05. The molecule has 0 aromatic heterocycles. The van der Waals surface area contributed by atoms with Gasteiger partial charge in [-0.1, -0.05) is 49.4 Å². The van der Waals surface area contributed by atoms with Crippen molar-refractivity contribution in [3.8, 4) is 0 Å². The van der Waals surface area contributed by atoms with Crippen LogP contribution in [-0.4, -0.2) is 30.1 Å². The van der Waals surface area contributed by atoms with Crippen LogP contribution in [0, 0.1) is 5.92 Å². The van der Waals surface area contributed by atoms with Crippen LogP contribution in [0.5, 0.6) is 0 Å². The number of esters is 1. The second-order valence-electron chi connectivity index (χ2n) is 4.27. The third-order valence-corrected chi connectivity index (χ3v) is 2.85. The lowest BCUT2D eigenvalue weighted by atomic mass is 9.96. The van der Waals surface area contributed by atoms with Gasteiger partial charge in [0.25, 0.3) is 0 Å². The van der Waals surface area contributed by atoms with Gasteiger partial charge in [0.05, 0.1) is 13.2 Å². The second-order valence-corrected chi connectivity index (χ2v) is 4.27. The predicted octanol–water partition coefficient (Wildman–Crippen LogP) is 1.83. The summed E-state index contributed by atoms with van der Waals surface area (Å²) in [5.74, 6) is -1.56. The quantitative estimate of drug-likeness (QED) is 0.627. The highest BCUT2D eigenvalue weighted by Gasteiger charge is 2.22. The van der Waals surface area contributed by atoms with Gasteiger partial charge in [0.2, 0.25) is 0 Å². The molecule has 1 aromatic carbocycles. The van der Waals surface area contributed by atoms with Gasteiger partial charge in [-0.15, -0.1) is 0 Å². The molecule has 2 unspecified atom stereocenters. The summed E-state index contributed by atoms with van der Waals surface area (Å²) in [5.41, 5.74) is 0.939. The van der Waals surface area contributed by atoms with Gasteiger partial charge in [-0.25, -0.2) is 0 Å². The zero-order valence-corrected chi connectivity index (χ0v) is 11.1. The maximum Gasteiger partial charge on any atom is 0.313 e. The summed E-state index contributed by atoms with van der Waals surface area (Å²) in [7, 11) is 1.23. The molecular formula is C15H18O4. The fourth-order valence-electron chi connectivity index (χ4n) is 1.51. The minimum Gasteiger partial charge on any atom is -0.469 e. The molecule has 0 spiro atoms. The van der Waals surface area contributed by atoms with Crippen molar-refractivity contribution in [2.45, 2.75) is 19.4 Å². The number of methoxy groups -OCH3 is 1. The van der Waals surface area contributed by atoms with Crippen LogP contribution in [0.4, 0.5) is 0 Å². The fraction of sp³-hybridized carbons (Fsp3) is 0.333. The molecule has 0 amide bonds. The van der Waals surface area contributed by atoms with E-state index in [9.17, 15) is 14.7 Å². The first kappa shape index (κ1) is 15.1. The van der Waals surface area contributed by atoms with Crippen LogP contribution >= 0.6 is 0 Å². The molecule has 0 fully saturated rings. The molecule has 0 bridgehead atoms. The lowest BCUT2D eigenvalue weighted by molar-refractivity contribution is -0.144. The van der Waals surface area contributed by atoms with Crippen LogP contribution in [0.3, 0.4) is 0 Å². The van der Waals surface area contributed by atoms with Gasteiger partial charge in [-0.3, -0.25) is 9.59 Å². The van der Waals surface area contributed by atoms with Crippen LogP contribution in [0.25, 0.3) is 6.08 Å². The van der Waals surface area contributed by atoms with E-state index in [-0.39, 0.29) is 12.2 Å². The van der Waals surface area contributed by atoms with E-state index in [1.54, 1.807) is 19.1 Å². The monoisotopic (exact) mass is 262 g/mol. The standard InChI is InChI=1S/C15H18O4/c1-11(14(17)10-15(18)19-2)13(16)9-8-12-6-4-3-5-7-12/h3-9,11,13,16H,10H2,1-2H3/b9-8+. The Hall–Kier alpha value is -1.94. The predicted molar refractivity (Wildman–Crippen MR) is 72.3 cm³/mol. The molecule has 0 aliphatic carbocycles. The van der Waals surface area contributed by atoms with Crippen molar-refractivity contribution in [1.29, 1.82) is 0 Å². The van der Waals surface area contributed by atoms with Gasteiger partial charge < -0.3 is 9.84 Å². The van der Waals surface area contributed by atoms with Gasteiger partial charge >= 0.3 is 5.97 Å². The Morgan fingerprint density at radius 3 is 2.53 bits per heavy atom. The molecule has 19 heavy (non-hydrogen) atoms. The van der Waals surface area contributed by atoms with Gasteiger partial charge in [-0.2, -0.15) is 0 Å². The third-order valence-electron chi connectivity index (χ3n) is 2.85. The second kappa shape index (κ2) is 7.48. The Morgan fingerprint density at radius 1 is 1.32 bits per heavy atom. The molecule has 0 aliphatic rings. The summed E-state index contributed by atoms with van der Waals surface area (Å²) in [6.45, 7) is 1.59. The largest absolute Gasteiger partial charge is 0.469 e. The molecule has 1 N–H and O–H groups in total. The molecule has 0 aliphatic heterocycles. The average Bonchev–Trinajstić information content (AvgIpc) is 2.44. The van der Waals surface area contributed by atoms with Crippen LogP contribution in [0.2, 0.25) is 0 Å². The van der Waals surface area contributed by atoms with E-state index < -0.39 is 18.0 Å². The highest BCUT2D eigenvalue weighted by atomic mass is 16.5. The fourth-order valence-corrected chi connectivity index (χ4v) is 1.51. The van der Waals surface area contributed by atoms with Crippen molar-refractivity contribution in [2.75, 3.05) is 7.11 Å². The number of aliphatic hydroxyl groups excluding tert-OH is 1. The molecule has 1 rings (SSSR count). The molecular weight excluding hydrogens is 244 g/mol. The van der Waals surface area contributed by atoms with Crippen LogP contribution in [0.1, 0.15) is 18.9 Å². The molecule has 0 heterocycles. The molecule has 4 heteroatoms. The van der Waals surface area contributed by atoms with Crippen molar-refractivity contribution in [3.05, 3.63) is 42.0 Å². The van der Waals surface area contributed by atoms with Gasteiger partial charge in [0.1, 0.15) is 12.2 Å². The van der Waals surface area contributed by atoms with E-state index in [0.29, 0.717) is 0 Å². The van der Waals surface area contributed by atoms with Crippen molar-refractivity contribution in [3.63, 3.8) is 0 Å². The van der Waals surface area contributed by atoms with Gasteiger partial charge in [-0.05, 0) is 5.56 Å².